The summed E-state index contributed by atoms with van der Waals surface area (Å²) in [5.74, 6) is -0.874. The van der Waals surface area contributed by atoms with Crippen LogP contribution in [-0.4, -0.2) is 11.1 Å². The quantitative estimate of drug-likeness (QED) is 0.835. The van der Waals surface area contributed by atoms with E-state index in [-0.39, 0.29) is 17.0 Å². The SMILES string of the molecule is O=C(O)c1cc(C(F)F)cc(C2CC2)c1. The predicted octanol–water partition coefficient (Wildman–Crippen LogP) is 3.20. The van der Waals surface area contributed by atoms with Crippen molar-refractivity contribution < 1.29 is 18.7 Å². The highest BCUT2D eigenvalue weighted by molar-refractivity contribution is 5.88. The molecule has 1 aliphatic carbocycles. The van der Waals surface area contributed by atoms with Gasteiger partial charge in [-0.2, -0.15) is 0 Å². The third-order valence-electron chi connectivity index (χ3n) is 2.53. The molecule has 1 N–H and O–H groups in total. The summed E-state index contributed by atoms with van der Waals surface area (Å²) < 4.78 is 25.0. The van der Waals surface area contributed by atoms with Gasteiger partial charge in [-0.05, 0) is 42.5 Å². The fourth-order valence-corrected chi connectivity index (χ4v) is 1.58. The van der Waals surface area contributed by atoms with E-state index in [0.29, 0.717) is 0 Å². The van der Waals surface area contributed by atoms with E-state index in [1.165, 1.54) is 12.1 Å². The van der Waals surface area contributed by atoms with Crippen LogP contribution >= 0.6 is 0 Å². The molecule has 0 spiro atoms. The summed E-state index contributed by atoms with van der Waals surface area (Å²) in [6.45, 7) is 0. The van der Waals surface area contributed by atoms with Crippen LogP contribution in [0.2, 0.25) is 0 Å². The van der Waals surface area contributed by atoms with E-state index in [9.17, 15) is 13.6 Å². The molecule has 80 valence electrons. The molecule has 0 aliphatic heterocycles. The minimum absolute atomic E-state index is 0.0466. The Balaban J connectivity index is 2.43. The molecule has 4 heteroatoms. The maximum atomic E-state index is 12.5. The van der Waals surface area contributed by atoms with Gasteiger partial charge >= 0.3 is 5.97 Å². The van der Waals surface area contributed by atoms with Gasteiger partial charge in [0.05, 0.1) is 5.56 Å². The molecule has 1 saturated carbocycles. The second kappa shape index (κ2) is 3.61. The normalized spacial score (nSPS) is 15.7. The van der Waals surface area contributed by atoms with Crippen molar-refractivity contribution in [2.45, 2.75) is 25.2 Å². The maximum absolute atomic E-state index is 12.5. The number of halogens is 2. The number of carboxylic acid groups (broad SMARTS) is 1. The van der Waals surface area contributed by atoms with Crippen molar-refractivity contribution in [3.63, 3.8) is 0 Å². The Hall–Kier alpha value is -1.45. The molecule has 2 rings (SSSR count). The van der Waals surface area contributed by atoms with Crippen LogP contribution in [-0.2, 0) is 0 Å². The van der Waals surface area contributed by atoms with Gasteiger partial charge in [-0.25, -0.2) is 13.6 Å². The zero-order valence-corrected chi connectivity index (χ0v) is 7.91. The zero-order valence-electron chi connectivity index (χ0n) is 7.91. The highest BCUT2D eigenvalue weighted by Crippen LogP contribution is 2.41. The van der Waals surface area contributed by atoms with Crippen LogP contribution in [0.25, 0.3) is 0 Å². The maximum Gasteiger partial charge on any atom is 0.335 e. The lowest BCUT2D eigenvalue weighted by Gasteiger charge is -2.05. The Morgan fingerprint density at radius 3 is 2.47 bits per heavy atom. The zero-order chi connectivity index (χ0) is 11.0. The van der Waals surface area contributed by atoms with Gasteiger partial charge in [0.1, 0.15) is 0 Å². The molecular weight excluding hydrogens is 202 g/mol. The molecule has 15 heavy (non-hydrogen) atoms. The van der Waals surface area contributed by atoms with Crippen molar-refractivity contribution in [2.24, 2.45) is 0 Å². The molecule has 1 aromatic carbocycles. The van der Waals surface area contributed by atoms with Crippen LogP contribution in [0.15, 0.2) is 18.2 Å². The fourth-order valence-electron chi connectivity index (χ4n) is 1.58. The Morgan fingerprint density at radius 2 is 2.00 bits per heavy atom. The monoisotopic (exact) mass is 212 g/mol. The second-order valence-electron chi connectivity index (χ2n) is 3.77. The summed E-state index contributed by atoms with van der Waals surface area (Å²) in [6, 6.07) is 3.94. The molecule has 0 heterocycles. The van der Waals surface area contributed by atoms with E-state index in [0.717, 1.165) is 24.5 Å². The van der Waals surface area contributed by atoms with Crippen molar-refractivity contribution in [3.8, 4) is 0 Å². The van der Waals surface area contributed by atoms with Crippen molar-refractivity contribution in [2.75, 3.05) is 0 Å². The number of rotatable bonds is 3. The molecule has 0 saturated heterocycles. The van der Waals surface area contributed by atoms with Gasteiger partial charge in [0.15, 0.2) is 0 Å². The number of aromatic carboxylic acids is 1. The first-order valence-corrected chi connectivity index (χ1v) is 4.74. The summed E-state index contributed by atoms with van der Waals surface area (Å²) in [5, 5.41) is 8.77. The van der Waals surface area contributed by atoms with Crippen LogP contribution in [0.5, 0.6) is 0 Å². The van der Waals surface area contributed by atoms with Crippen LogP contribution in [0, 0.1) is 0 Å². The summed E-state index contributed by atoms with van der Waals surface area (Å²) >= 11 is 0. The Labute approximate surface area is 85.5 Å². The lowest BCUT2D eigenvalue weighted by Crippen LogP contribution is -2.00. The summed E-state index contributed by atoms with van der Waals surface area (Å²) in [6.07, 6.45) is -0.681. The average Bonchev–Trinajstić information content (AvgIpc) is 3.00. The van der Waals surface area contributed by atoms with Crippen molar-refractivity contribution in [3.05, 3.63) is 34.9 Å². The van der Waals surface area contributed by atoms with Crippen molar-refractivity contribution in [1.29, 1.82) is 0 Å². The van der Waals surface area contributed by atoms with Crippen LogP contribution in [0.1, 0.15) is 46.7 Å². The predicted molar refractivity (Wildman–Crippen MR) is 50.3 cm³/mol. The molecule has 0 amide bonds. The number of hydrogen-bond donors (Lipinski definition) is 1. The van der Waals surface area contributed by atoms with E-state index >= 15 is 0 Å². The topological polar surface area (TPSA) is 37.3 Å². The fraction of sp³-hybridized carbons (Fsp3) is 0.364. The van der Waals surface area contributed by atoms with Gasteiger partial charge in [-0.15, -0.1) is 0 Å². The second-order valence-corrected chi connectivity index (χ2v) is 3.77. The van der Waals surface area contributed by atoms with Crippen molar-refractivity contribution in [1.82, 2.24) is 0 Å². The summed E-state index contributed by atoms with van der Waals surface area (Å²) in [4.78, 5) is 10.7. The Morgan fingerprint density at radius 1 is 1.33 bits per heavy atom. The van der Waals surface area contributed by atoms with Gasteiger partial charge in [-0.3, -0.25) is 0 Å². The van der Waals surface area contributed by atoms with Crippen LogP contribution in [0.4, 0.5) is 8.78 Å². The summed E-state index contributed by atoms with van der Waals surface area (Å²) in [7, 11) is 0. The number of carboxylic acids is 1. The first kappa shape index (κ1) is 10.1. The van der Waals surface area contributed by atoms with E-state index in [1.54, 1.807) is 0 Å². The van der Waals surface area contributed by atoms with E-state index in [2.05, 4.69) is 0 Å². The van der Waals surface area contributed by atoms with Gasteiger partial charge in [-0.1, -0.05) is 0 Å². The number of carbonyl (C=O) groups is 1. The molecule has 0 atom stereocenters. The van der Waals surface area contributed by atoms with E-state index < -0.39 is 12.4 Å². The third-order valence-corrected chi connectivity index (χ3v) is 2.53. The molecule has 2 nitrogen and oxygen atoms in total. The smallest absolute Gasteiger partial charge is 0.335 e. The lowest BCUT2D eigenvalue weighted by atomic mass is 10.0. The number of hydrogen-bond acceptors (Lipinski definition) is 1. The van der Waals surface area contributed by atoms with Gasteiger partial charge in [0.2, 0.25) is 0 Å². The standard InChI is InChI=1S/C11H10F2O2/c12-10(13)8-3-7(6-1-2-6)4-9(5-8)11(14)15/h3-6,10H,1-2H2,(H,14,15). The highest BCUT2D eigenvalue weighted by Gasteiger charge is 2.25. The van der Waals surface area contributed by atoms with Crippen molar-refractivity contribution >= 4 is 5.97 Å². The van der Waals surface area contributed by atoms with Crippen LogP contribution in [0.3, 0.4) is 0 Å². The number of benzene rings is 1. The first-order valence-electron chi connectivity index (χ1n) is 4.74. The van der Waals surface area contributed by atoms with Crippen LogP contribution < -0.4 is 0 Å². The first-order chi connectivity index (χ1) is 7.08. The van der Waals surface area contributed by atoms with Gasteiger partial charge < -0.3 is 5.11 Å². The molecule has 0 aromatic heterocycles. The molecule has 1 aromatic rings. The molecular formula is C11H10F2O2. The molecule has 0 bridgehead atoms. The van der Waals surface area contributed by atoms with E-state index in [1.807, 2.05) is 0 Å². The minimum atomic E-state index is -2.61. The average molecular weight is 212 g/mol. The lowest BCUT2D eigenvalue weighted by molar-refractivity contribution is 0.0696. The van der Waals surface area contributed by atoms with Gasteiger partial charge in [0.25, 0.3) is 6.43 Å². The largest absolute Gasteiger partial charge is 0.478 e. The Kier molecular flexibility index (Phi) is 2.42. The molecule has 0 radical (unpaired) electrons. The molecule has 1 aliphatic rings. The minimum Gasteiger partial charge on any atom is -0.478 e. The van der Waals surface area contributed by atoms with Gasteiger partial charge in [0, 0.05) is 5.56 Å². The summed E-state index contributed by atoms with van der Waals surface area (Å²) in [5.41, 5.74) is 0.483. The third kappa shape index (κ3) is 2.14. The highest BCUT2D eigenvalue weighted by atomic mass is 19.3. The molecule has 0 unspecified atom stereocenters. The molecule has 1 fully saturated rings. The Bertz CT molecular complexity index is 377. The van der Waals surface area contributed by atoms with E-state index in [4.69, 9.17) is 5.11 Å². The number of alkyl halides is 2.